The molecule has 1 unspecified atom stereocenters. The average Bonchev–Trinajstić information content (AvgIpc) is 2.13. The second-order valence-electron chi connectivity index (χ2n) is 6.54. The normalized spacial score (nSPS) is 18.9. The number of benzene rings is 1. The van der Waals surface area contributed by atoms with Crippen molar-refractivity contribution in [1.29, 1.82) is 0 Å². The molecule has 0 amide bonds. The van der Waals surface area contributed by atoms with Gasteiger partial charge < -0.3 is 5.73 Å². The molecular formula is C16H25N. The van der Waals surface area contributed by atoms with E-state index in [1.807, 2.05) is 0 Å². The summed E-state index contributed by atoms with van der Waals surface area (Å²) in [5.41, 5.74) is 10.7. The third-order valence-corrected chi connectivity index (χ3v) is 4.16. The molecule has 0 saturated heterocycles. The molecule has 94 valence electrons. The molecule has 2 rings (SSSR count). The minimum atomic E-state index is 0.210. The Hall–Kier alpha value is -0.820. The first kappa shape index (κ1) is 12.6. The van der Waals surface area contributed by atoms with Crippen LogP contribution in [0.25, 0.3) is 0 Å². The van der Waals surface area contributed by atoms with Crippen LogP contribution in [0.2, 0.25) is 0 Å². The van der Waals surface area contributed by atoms with Gasteiger partial charge in [-0.3, -0.25) is 0 Å². The Morgan fingerprint density at radius 2 is 1.88 bits per heavy atom. The fourth-order valence-corrected chi connectivity index (χ4v) is 2.52. The van der Waals surface area contributed by atoms with E-state index in [1.54, 1.807) is 0 Å². The maximum Gasteiger partial charge on any atom is 0.0326 e. The maximum atomic E-state index is 6.41. The van der Waals surface area contributed by atoms with Crippen LogP contribution in [0.15, 0.2) is 18.2 Å². The van der Waals surface area contributed by atoms with Gasteiger partial charge in [0.15, 0.2) is 0 Å². The van der Waals surface area contributed by atoms with Crippen LogP contribution < -0.4 is 5.73 Å². The molecule has 0 aliphatic heterocycles. The summed E-state index contributed by atoms with van der Waals surface area (Å²) in [7, 11) is 0. The van der Waals surface area contributed by atoms with Crippen LogP contribution in [0.3, 0.4) is 0 Å². The molecule has 2 N–H and O–H groups in total. The Kier molecular flexibility index (Phi) is 3.31. The Labute approximate surface area is 105 Å². The summed E-state index contributed by atoms with van der Waals surface area (Å²) in [6.07, 6.45) is 3.97. The van der Waals surface area contributed by atoms with E-state index in [0.717, 1.165) is 0 Å². The van der Waals surface area contributed by atoms with Gasteiger partial charge >= 0.3 is 0 Å². The van der Waals surface area contributed by atoms with E-state index >= 15 is 0 Å². The zero-order valence-electron chi connectivity index (χ0n) is 11.6. The van der Waals surface area contributed by atoms with Gasteiger partial charge in [0.05, 0.1) is 0 Å². The van der Waals surface area contributed by atoms with E-state index in [1.165, 1.54) is 36.0 Å². The van der Waals surface area contributed by atoms with Crippen LogP contribution in [0.5, 0.6) is 0 Å². The van der Waals surface area contributed by atoms with E-state index in [2.05, 4.69) is 45.9 Å². The van der Waals surface area contributed by atoms with Crippen molar-refractivity contribution in [3.05, 3.63) is 34.9 Å². The molecule has 1 heteroatoms. The largest absolute Gasteiger partial charge is 0.324 e. The van der Waals surface area contributed by atoms with Gasteiger partial charge in [-0.25, -0.2) is 0 Å². The summed E-state index contributed by atoms with van der Waals surface area (Å²) >= 11 is 0. The molecule has 1 atom stereocenters. The lowest BCUT2D eigenvalue weighted by molar-refractivity contribution is 0.263. The second-order valence-corrected chi connectivity index (χ2v) is 6.54. The van der Waals surface area contributed by atoms with Gasteiger partial charge in [-0.05, 0) is 47.8 Å². The summed E-state index contributed by atoms with van der Waals surface area (Å²) in [5, 5.41) is 0. The van der Waals surface area contributed by atoms with Crippen molar-refractivity contribution in [3.63, 3.8) is 0 Å². The summed E-state index contributed by atoms with van der Waals surface area (Å²) in [6.45, 7) is 8.96. The minimum Gasteiger partial charge on any atom is -0.324 e. The zero-order valence-corrected chi connectivity index (χ0v) is 11.6. The molecule has 1 aliphatic rings. The highest BCUT2D eigenvalue weighted by atomic mass is 14.7. The highest BCUT2D eigenvalue weighted by Gasteiger charge is 2.27. The molecule has 1 nitrogen and oxygen atoms in total. The number of hydrogen-bond donors (Lipinski definition) is 1. The summed E-state index contributed by atoms with van der Waals surface area (Å²) < 4.78 is 0. The molecule has 1 aliphatic carbocycles. The maximum absolute atomic E-state index is 6.41. The number of rotatable bonds is 2. The van der Waals surface area contributed by atoms with E-state index in [9.17, 15) is 0 Å². The number of aryl methyl sites for hydroxylation is 1. The first-order valence-corrected chi connectivity index (χ1v) is 6.76. The van der Waals surface area contributed by atoms with Crippen LogP contribution >= 0.6 is 0 Å². The van der Waals surface area contributed by atoms with Gasteiger partial charge in [-0.1, -0.05) is 45.4 Å². The Balaban J connectivity index is 2.31. The zero-order chi connectivity index (χ0) is 12.6. The molecule has 17 heavy (non-hydrogen) atoms. The van der Waals surface area contributed by atoms with E-state index in [4.69, 9.17) is 5.73 Å². The molecule has 0 bridgehead atoms. The first-order valence-electron chi connectivity index (χ1n) is 6.76. The third-order valence-electron chi connectivity index (χ3n) is 4.16. The van der Waals surface area contributed by atoms with Crippen LogP contribution in [0.4, 0.5) is 0 Å². The van der Waals surface area contributed by atoms with Crippen LogP contribution in [0.1, 0.15) is 62.8 Å². The molecular weight excluding hydrogens is 206 g/mol. The highest BCUT2D eigenvalue weighted by Crippen LogP contribution is 2.38. The van der Waals surface area contributed by atoms with Crippen molar-refractivity contribution in [2.24, 2.45) is 11.7 Å². The van der Waals surface area contributed by atoms with Crippen molar-refractivity contribution in [2.45, 2.75) is 58.4 Å². The van der Waals surface area contributed by atoms with Crippen molar-refractivity contribution in [2.75, 3.05) is 0 Å². The lowest BCUT2D eigenvalue weighted by Crippen LogP contribution is -2.28. The van der Waals surface area contributed by atoms with Gasteiger partial charge in [0.25, 0.3) is 0 Å². The Morgan fingerprint density at radius 1 is 1.24 bits per heavy atom. The van der Waals surface area contributed by atoms with Crippen LogP contribution in [-0.4, -0.2) is 0 Å². The standard InChI is InChI=1S/C16H25N/c1-11-8-9-13(16(2,3)4)10-14(11)15(17)12-6-5-7-12/h8-10,12,15H,5-7,17H2,1-4H3. The second kappa shape index (κ2) is 4.45. The molecule has 0 spiro atoms. The predicted octanol–water partition coefficient (Wildman–Crippen LogP) is 4.09. The van der Waals surface area contributed by atoms with Crippen molar-refractivity contribution >= 4 is 0 Å². The highest BCUT2D eigenvalue weighted by molar-refractivity contribution is 5.36. The SMILES string of the molecule is Cc1ccc(C(C)(C)C)cc1C(N)C1CCC1. The Bertz CT molecular complexity index is 396. The summed E-state index contributed by atoms with van der Waals surface area (Å²) in [5.74, 6) is 0.712. The topological polar surface area (TPSA) is 26.0 Å². The van der Waals surface area contributed by atoms with Gasteiger partial charge in [0, 0.05) is 6.04 Å². The van der Waals surface area contributed by atoms with E-state index in [-0.39, 0.29) is 11.5 Å². The van der Waals surface area contributed by atoms with E-state index in [0.29, 0.717) is 5.92 Å². The summed E-state index contributed by atoms with van der Waals surface area (Å²) in [6, 6.07) is 7.05. The molecule has 0 heterocycles. The molecule has 0 radical (unpaired) electrons. The quantitative estimate of drug-likeness (QED) is 0.815. The summed E-state index contributed by atoms with van der Waals surface area (Å²) in [4.78, 5) is 0. The Morgan fingerprint density at radius 3 is 2.35 bits per heavy atom. The fourth-order valence-electron chi connectivity index (χ4n) is 2.52. The first-order chi connectivity index (χ1) is 7.89. The molecule has 1 aromatic carbocycles. The minimum absolute atomic E-state index is 0.210. The molecule has 1 saturated carbocycles. The van der Waals surface area contributed by atoms with Gasteiger partial charge in [-0.15, -0.1) is 0 Å². The van der Waals surface area contributed by atoms with Crippen molar-refractivity contribution in [3.8, 4) is 0 Å². The smallest absolute Gasteiger partial charge is 0.0326 e. The molecule has 0 aromatic heterocycles. The lowest BCUT2D eigenvalue weighted by Gasteiger charge is -2.33. The van der Waals surface area contributed by atoms with Crippen LogP contribution in [-0.2, 0) is 5.41 Å². The average molecular weight is 231 g/mol. The number of nitrogens with two attached hydrogens (primary N) is 1. The van der Waals surface area contributed by atoms with Crippen molar-refractivity contribution in [1.82, 2.24) is 0 Å². The van der Waals surface area contributed by atoms with Gasteiger partial charge in [0.2, 0.25) is 0 Å². The predicted molar refractivity (Wildman–Crippen MR) is 74.1 cm³/mol. The third kappa shape index (κ3) is 2.55. The number of hydrogen-bond acceptors (Lipinski definition) is 1. The molecule has 1 aromatic rings. The molecule has 1 fully saturated rings. The van der Waals surface area contributed by atoms with Crippen molar-refractivity contribution < 1.29 is 0 Å². The lowest BCUT2D eigenvalue weighted by atomic mass is 9.75. The fraction of sp³-hybridized carbons (Fsp3) is 0.625. The monoisotopic (exact) mass is 231 g/mol. The van der Waals surface area contributed by atoms with Gasteiger partial charge in [0.1, 0.15) is 0 Å². The van der Waals surface area contributed by atoms with E-state index < -0.39 is 0 Å². The van der Waals surface area contributed by atoms with Crippen LogP contribution in [0, 0.1) is 12.8 Å². The van der Waals surface area contributed by atoms with Gasteiger partial charge in [-0.2, -0.15) is 0 Å².